The summed E-state index contributed by atoms with van der Waals surface area (Å²) in [6.45, 7) is 3.13. The van der Waals surface area contributed by atoms with Gasteiger partial charge in [-0.1, -0.05) is 30.3 Å². The Labute approximate surface area is 237 Å². The molecule has 1 aliphatic rings. The van der Waals surface area contributed by atoms with Gasteiger partial charge in [0.05, 0.1) is 6.33 Å². The molecular formula is C29H30FN5O5S. The van der Waals surface area contributed by atoms with Crippen molar-refractivity contribution in [3.63, 3.8) is 0 Å². The molecular weight excluding hydrogens is 549 g/mol. The molecule has 4 aromatic rings. The third kappa shape index (κ3) is 8.22. The Kier molecular flexibility index (Phi) is 9.48. The molecule has 0 radical (unpaired) electrons. The van der Waals surface area contributed by atoms with Gasteiger partial charge < -0.3 is 19.7 Å². The quantitative estimate of drug-likeness (QED) is 0.336. The van der Waals surface area contributed by atoms with Gasteiger partial charge >= 0.3 is 10.1 Å². The number of carbonyl (C=O) groups excluding carboxylic acids is 2. The number of carbonyl (C=O) groups is 2. The highest BCUT2D eigenvalue weighted by molar-refractivity contribution is 7.85. The van der Waals surface area contributed by atoms with E-state index in [1.165, 1.54) is 34.9 Å². The molecule has 5 rings (SSSR count). The van der Waals surface area contributed by atoms with Crippen molar-refractivity contribution in [3.8, 4) is 0 Å². The minimum Gasteiger partial charge on any atom is -0.368 e. The molecule has 41 heavy (non-hydrogen) atoms. The number of para-hydroxylation sites is 1. The summed E-state index contributed by atoms with van der Waals surface area (Å²) < 4.78 is 43.7. The number of piperazine rings is 1. The lowest BCUT2D eigenvalue weighted by Crippen LogP contribution is -2.48. The van der Waals surface area contributed by atoms with Crippen molar-refractivity contribution in [2.24, 2.45) is 7.05 Å². The van der Waals surface area contributed by atoms with Crippen molar-refractivity contribution in [3.05, 3.63) is 114 Å². The van der Waals surface area contributed by atoms with Gasteiger partial charge in [0.15, 0.2) is 5.03 Å². The number of imidazole rings is 1. The molecule has 0 atom stereocenters. The van der Waals surface area contributed by atoms with Gasteiger partial charge in [0.1, 0.15) is 5.82 Å². The number of halogens is 1. The van der Waals surface area contributed by atoms with E-state index in [4.69, 9.17) is 4.55 Å². The van der Waals surface area contributed by atoms with Gasteiger partial charge in [0.2, 0.25) is 0 Å². The van der Waals surface area contributed by atoms with Crippen molar-refractivity contribution in [2.75, 3.05) is 31.1 Å². The van der Waals surface area contributed by atoms with Crippen molar-refractivity contribution in [1.82, 2.24) is 19.8 Å². The van der Waals surface area contributed by atoms with Gasteiger partial charge in [-0.25, -0.2) is 9.37 Å². The van der Waals surface area contributed by atoms with E-state index in [-0.39, 0.29) is 29.2 Å². The first-order valence-electron chi connectivity index (χ1n) is 12.8. The van der Waals surface area contributed by atoms with Crippen molar-refractivity contribution in [2.45, 2.75) is 11.6 Å². The summed E-state index contributed by atoms with van der Waals surface area (Å²) in [4.78, 5) is 32.7. The van der Waals surface area contributed by atoms with Crippen LogP contribution in [0.5, 0.6) is 0 Å². The van der Waals surface area contributed by atoms with E-state index in [1.54, 1.807) is 43.4 Å². The topological polar surface area (TPSA) is 125 Å². The molecule has 10 nitrogen and oxygen atoms in total. The van der Waals surface area contributed by atoms with Crippen LogP contribution in [0.15, 0.2) is 96.4 Å². The summed E-state index contributed by atoms with van der Waals surface area (Å²) in [6, 6.07) is 23.0. The van der Waals surface area contributed by atoms with Crippen LogP contribution in [0.4, 0.5) is 10.1 Å². The van der Waals surface area contributed by atoms with Crippen LogP contribution in [-0.2, 0) is 23.7 Å². The van der Waals surface area contributed by atoms with Gasteiger partial charge in [-0.2, -0.15) is 8.42 Å². The Bertz CT molecular complexity index is 1590. The summed E-state index contributed by atoms with van der Waals surface area (Å²) in [6.07, 6.45) is 2.51. The monoisotopic (exact) mass is 579 g/mol. The standard InChI is InChI=1S/C25H24FN3O2.C4H6N2O3S/c26-22-6-4-5-19(17-22)18-27-24(30)20-9-11-21(12-10-20)25(31)29-15-13-28(14-16-29)23-7-2-1-3-8-23;1-6-2-4(5-3-6)10(7,8)9/h1-12,17H,13-16,18H2,(H,27,30);2-3H,1H3,(H,7,8,9). The minimum absolute atomic E-state index is 0.0283. The molecule has 0 spiro atoms. The summed E-state index contributed by atoms with van der Waals surface area (Å²) in [5.41, 5.74) is 2.88. The van der Waals surface area contributed by atoms with Crippen LogP contribution < -0.4 is 10.2 Å². The number of hydrogen-bond acceptors (Lipinski definition) is 6. The molecule has 12 heteroatoms. The van der Waals surface area contributed by atoms with Crippen molar-refractivity contribution in [1.29, 1.82) is 0 Å². The highest BCUT2D eigenvalue weighted by Crippen LogP contribution is 2.17. The van der Waals surface area contributed by atoms with E-state index >= 15 is 0 Å². The van der Waals surface area contributed by atoms with Crippen molar-refractivity contribution < 1.29 is 27.0 Å². The Hall–Kier alpha value is -4.55. The second-order valence-electron chi connectivity index (χ2n) is 9.36. The SMILES string of the molecule is Cn1cnc(S(=O)(=O)O)c1.O=C(NCc1cccc(F)c1)c1ccc(C(=O)N2CCN(c3ccccc3)CC2)cc1. The molecule has 0 bridgehead atoms. The summed E-state index contributed by atoms with van der Waals surface area (Å²) >= 11 is 0. The average molecular weight is 580 g/mol. The number of benzene rings is 3. The summed E-state index contributed by atoms with van der Waals surface area (Å²) in [5.74, 6) is -0.626. The van der Waals surface area contributed by atoms with Crippen LogP contribution in [0.1, 0.15) is 26.3 Å². The van der Waals surface area contributed by atoms with Crippen LogP contribution in [0.25, 0.3) is 0 Å². The Morgan fingerprint density at radius 3 is 2.15 bits per heavy atom. The van der Waals surface area contributed by atoms with Crippen LogP contribution in [0, 0.1) is 5.82 Å². The maximum absolute atomic E-state index is 13.2. The predicted octanol–water partition coefficient (Wildman–Crippen LogP) is 3.38. The lowest BCUT2D eigenvalue weighted by Gasteiger charge is -2.36. The molecule has 1 aliphatic heterocycles. The molecule has 1 aromatic heterocycles. The van der Waals surface area contributed by atoms with Crippen LogP contribution in [-0.4, -0.2) is 65.4 Å². The molecule has 2 amide bonds. The molecule has 2 N–H and O–H groups in total. The number of anilines is 1. The van der Waals surface area contributed by atoms with Crippen LogP contribution in [0.3, 0.4) is 0 Å². The van der Waals surface area contributed by atoms with E-state index in [9.17, 15) is 22.4 Å². The van der Waals surface area contributed by atoms with E-state index in [1.807, 2.05) is 23.1 Å². The molecule has 3 aromatic carbocycles. The van der Waals surface area contributed by atoms with E-state index < -0.39 is 10.1 Å². The summed E-state index contributed by atoms with van der Waals surface area (Å²) in [5, 5.41) is 2.44. The molecule has 0 unspecified atom stereocenters. The van der Waals surface area contributed by atoms with Gasteiger partial charge in [-0.05, 0) is 54.1 Å². The fourth-order valence-electron chi connectivity index (χ4n) is 4.21. The smallest absolute Gasteiger partial charge is 0.313 e. The van der Waals surface area contributed by atoms with E-state index in [2.05, 4.69) is 27.3 Å². The highest BCUT2D eigenvalue weighted by Gasteiger charge is 2.22. The maximum Gasteiger partial charge on any atom is 0.313 e. The number of amides is 2. The molecule has 2 heterocycles. The molecule has 0 saturated carbocycles. The number of rotatable bonds is 6. The Morgan fingerprint density at radius 1 is 0.927 bits per heavy atom. The first kappa shape index (κ1) is 29.4. The van der Waals surface area contributed by atoms with Gasteiger partial charge in [-0.3, -0.25) is 14.1 Å². The zero-order valence-electron chi connectivity index (χ0n) is 22.4. The minimum atomic E-state index is -4.11. The molecule has 1 saturated heterocycles. The molecule has 1 fully saturated rings. The van der Waals surface area contributed by atoms with Crippen LogP contribution in [0.2, 0.25) is 0 Å². The zero-order valence-corrected chi connectivity index (χ0v) is 23.2. The predicted molar refractivity (Wildman–Crippen MR) is 152 cm³/mol. The van der Waals surface area contributed by atoms with Gasteiger partial charge in [0.25, 0.3) is 11.8 Å². The second kappa shape index (κ2) is 13.2. The Morgan fingerprint density at radius 2 is 1.59 bits per heavy atom. The first-order valence-corrected chi connectivity index (χ1v) is 14.2. The lowest BCUT2D eigenvalue weighted by atomic mass is 10.1. The van der Waals surface area contributed by atoms with Gasteiger partial charge in [-0.15, -0.1) is 0 Å². The van der Waals surface area contributed by atoms with E-state index in [0.717, 1.165) is 13.1 Å². The fourth-order valence-corrected chi connectivity index (χ4v) is 4.69. The number of hydrogen-bond donors (Lipinski definition) is 2. The number of nitrogens with one attached hydrogen (secondary N) is 1. The fraction of sp³-hybridized carbons (Fsp3) is 0.207. The Balaban J connectivity index is 0.000000328. The number of aromatic nitrogens is 2. The number of aryl methyl sites for hydroxylation is 1. The third-order valence-corrected chi connectivity index (χ3v) is 7.11. The molecule has 214 valence electrons. The first-order chi connectivity index (χ1) is 19.6. The molecule has 0 aliphatic carbocycles. The number of nitrogens with zero attached hydrogens (tertiary/aromatic N) is 4. The average Bonchev–Trinajstić information content (AvgIpc) is 3.44. The van der Waals surface area contributed by atoms with Crippen LogP contribution >= 0.6 is 0 Å². The maximum atomic E-state index is 13.2. The van der Waals surface area contributed by atoms with Gasteiger partial charge in [0, 0.05) is 62.8 Å². The largest absolute Gasteiger partial charge is 0.368 e. The van der Waals surface area contributed by atoms with Crippen molar-refractivity contribution >= 4 is 27.6 Å². The highest BCUT2D eigenvalue weighted by atomic mass is 32.2. The summed E-state index contributed by atoms with van der Waals surface area (Å²) in [7, 11) is -2.50. The van der Waals surface area contributed by atoms with E-state index in [0.29, 0.717) is 29.8 Å². The normalized spacial score (nSPS) is 13.2. The zero-order chi connectivity index (χ0) is 29.4. The lowest BCUT2D eigenvalue weighted by molar-refractivity contribution is 0.0746. The third-order valence-electron chi connectivity index (χ3n) is 6.37. The second-order valence-corrected chi connectivity index (χ2v) is 10.7.